The van der Waals surface area contributed by atoms with Gasteiger partial charge in [-0.1, -0.05) is 59.4 Å². The topological polar surface area (TPSA) is 12.0 Å². The van der Waals surface area contributed by atoms with Crippen molar-refractivity contribution >= 4 is 44.8 Å². The first-order valence-corrected chi connectivity index (χ1v) is 7.93. The summed E-state index contributed by atoms with van der Waals surface area (Å²) in [6, 6.07) is 4.23. The molecule has 2 rings (SSSR count). The molecule has 1 fully saturated rings. The number of benzene rings is 1. The smallest absolute Gasteiger partial charge is 0.0722 e. The maximum absolute atomic E-state index is 6.26. The van der Waals surface area contributed by atoms with Gasteiger partial charge in [-0.2, -0.15) is 0 Å². The number of rotatable bonds is 2. The van der Waals surface area contributed by atoms with Crippen LogP contribution in [0, 0.1) is 11.8 Å². The summed E-state index contributed by atoms with van der Waals surface area (Å²) in [7, 11) is 0. The van der Waals surface area contributed by atoms with E-state index >= 15 is 0 Å². The predicted molar refractivity (Wildman–Crippen MR) is 83.8 cm³/mol. The molecule has 3 unspecified atom stereocenters. The molecule has 1 nitrogen and oxygen atoms in total. The number of hydrogen-bond donors (Lipinski definition) is 1. The van der Waals surface area contributed by atoms with E-state index in [0.717, 1.165) is 16.1 Å². The second-order valence-electron chi connectivity index (χ2n) is 5.39. The molecule has 18 heavy (non-hydrogen) atoms. The molecule has 1 aromatic rings. The van der Waals surface area contributed by atoms with Crippen LogP contribution in [-0.2, 0) is 0 Å². The van der Waals surface area contributed by atoms with Gasteiger partial charge in [-0.3, -0.25) is 0 Å². The molecule has 0 spiro atoms. The minimum Gasteiger partial charge on any atom is -0.380 e. The minimum absolute atomic E-state index is 0.463. The maximum atomic E-state index is 6.26. The van der Waals surface area contributed by atoms with Crippen LogP contribution >= 0.6 is 39.1 Å². The van der Waals surface area contributed by atoms with Crippen LogP contribution < -0.4 is 5.32 Å². The Bertz CT molecular complexity index is 413. The number of anilines is 1. The zero-order chi connectivity index (χ0) is 13.3. The van der Waals surface area contributed by atoms with Gasteiger partial charge in [-0.25, -0.2) is 0 Å². The van der Waals surface area contributed by atoms with E-state index in [9.17, 15) is 0 Å². The van der Waals surface area contributed by atoms with Crippen molar-refractivity contribution in [3.8, 4) is 0 Å². The Morgan fingerprint density at radius 2 is 1.78 bits per heavy atom. The SMILES string of the molecule is CC1CCC(C)C(Nc2c(Cl)cc(Br)cc2Cl)C1. The summed E-state index contributed by atoms with van der Waals surface area (Å²) in [5.41, 5.74) is 0.868. The molecule has 0 aliphatic heterocycles. The summed E-state index contributed by atoms with van der Waals surface area (Å²) < 4.78 is 0.910. The van der Waals surface area contributed by atoms with E-state index in [1.807, 2.05) is 12.1 Å². The number of nitrogens with one attached hydrogen (secondary N) is 1. The van der Waals surface area contributed by atoms with Crippen molar-refractivity contribution in [3.63, 3.8) is 0 Å². The molecule has 0 radical (unpaired) electrons. The largest absolute Gasteiger partial charge is 0.380 e. The van der Waals surface area contributed by atoms with Gasteiger partial charge < -0.3 is 5.32 Å². The average molecular weight is 351 g/mol. The first-order chi connectivity index (χ1) is 8.47. The lowest BCUT2D eigenvalue weighted by Crippen LogP contribution is -2.33. The van der Waals surface area contributed by atoms with Crippen molar-refractivity contribution in [1.82, 2.24) is 0 Å². The van der Waals surface area contributed by atoms with Gasteiger partial charge in [0.25, 0.3) is 0 Å². The Kier molecular flexibility index (Phi) is 4.85. The molecule has 1 aliphatic rings. The van der Waals surface area contributed by atoms with Crippen LogP contribution in [0.4, 0.5) is 5.69 Å². The zero-order valence-corrected chi connectivity index (χ0v) is 13.7. The molecular formula is C14H18BrCl2N. The summed E-state index contributed by atoms with van der Waals surface area (Å²) in [4.78, 5) is 0. The Morgan fingerprint density at radius 3 is 2.39 bits per heavy atom. The highest BCUT2D eigenvalue weighted by atomic mass is 79.9. The van der Waals surface area contributed by atoms with E-state index in [1.165, 1.54) is 19.3 Å². The van der Waals surface area contributed by atoms with Crippen molar-refractivity contribution in [2.24, 2.45) is 11.8 Å². The zero-order valence-electron chi connectivity index (χ0n) is 10.6. The standard InChI is InChI=1S/C14H18BrCl2N/c1-8-3-4-9(2)13(5-8)18-14-11(16)6-10(15)7-12(14)17/h6-9,13,18H,3-5H2,1-2H3. The molecule has 4 heteroatoms. The molecule has 0 aromatic heterocycles. The second-order valence-corrected chi connectivity index (χ2v) is 7.12. The van der Waals surface area contributed by atoms with Crippen molar-refractivity contribution in [1.29, 1.82) is 0 Å². The molecule has 0 bridgehead atoms. The van der Waals surface area contributed by atoms with Crippen LogP contribution in [0.2, 0.25) is 10.0 Å². The molecule has 1 N–H and O–H groups in total. The summed E-state index contributed by atoms with van der Waals surface area (Å²) >= 11 is 15.9. The fourth-order valence-electron chi connectivity index (χ4n) is 2.60. The average Bonchev–Trinajstić information content (AvgIpc) is 2.28. The molecule has 100 valence electrons. The highest BCUT2D eigenvalue weighted by Crippen LogP contribution is 2.37. The van der Waals surface area contributed by atoms with Gasteiger partial charge in [0.1, 0.15) is 0 Å². The lowest BCUT2D eigenvalue weighted by molar-refractivity contribution is 0.281. The van der Waals surface area contributed by atoms with E-state index in [4.69, 9.17) is 23.2 Å². The number of hydrogen-bond acceptors (Lipinski definition) is 1. The molecule has 1 saturated carbocycles. The van der Waals surface area contributed by atoms with Crippen molar-refractivity contribution in [2.75, 3.05) is 5.32 Å². The van der Waals surface area contributed by atoms with Crippen molar-refractivity contribution < 1.29 is 0 Å². The first kappa shape index (κ1) is 14.5. The molecule has 3 atom stereocenters. The van der Waals surface area contributed by atoms with Gasteiger partial charge in [0.15, 0.2) is 0 Å². The van der Waals surface area contributed by atoms with Crippen LogP contribution in [0.15, 0.2) is 16.6 Å². The van der Waals surface area contributed by atoms with Gasteiger partial charge >= 0.3 is 0 Å². The van der Waals surface area contributed by atoms with Gasteiger partial charge in [-0.15, -0.1) is 0 Å². The van der Waals surface area contributed by atoms with Crippen molar-refractivity contribution in [3.05, 3.63) is 26.7 Å². The Morgan fingerprint density at radius 1 is 1.17 bits per heavy atom. The summed E-state index contributed by atoms with van der Waals surface area (Å²) in [5, 5.41) is 4.90. The van der Waals surface area contributed by atoms with Crippen LogP contribution in [-0.4, -0.2) is 6.04 Å². The maximum Gasteiger partial charge on any atom is 0.0722 e. The van der Waals surface area contributed by atoms with Crippen LogP contribution in [0.1, 0.15) is 33.1 Å². The predicted octanol–water partition coefficient (Wildman–Crippen LogP) is 5.99. The third kappa shape index (κ3) is 3.34. The minimum atomic E-state index is 0.463. The molecule has 1 aromatic carbocycles. The monoisotopic (exact) mass is 349 g/mol. The first-order valence-electron chi connectivity index (χ1n) is 6.38. The summed E-state index contributed by atoms with van der Waals surface area (Å²) in [5.74, 6) is 1.43. The lowest BCUT2D eigenvalue weighted by atomic mass is 9.80. The Balaban J connectivity index is 2.18. The molecule has 0 heterocycles. The van der Waals surface area contributed by atoms with Gasteiger partial charge in [0.2, 0.25) is 0 Å². The van der Waals surface area contributed by atoms with E-state index < -0.39 is 0 Å². The quantitative estimate of drug-likeness (QED) is 0.690. The van der Waals surface area contributed by atoms with E-state index in [0.29, 0.717) is 22.0 Å². The highest BCUT2D eigenvalue weighted by molar-refractivity contribution is 9.10. The van der Waals surface area contributed by atoms with Crippen LogP contribution in [0.25, 0.3) is 0 Å². The molecule has 1 aliphatic carbocycles. The molecule has 0 saturated heterocycles. The lowest BCUT2D eigenvalue weighted by Gasteiger charge is -2.34. The fraction of sp³-hybridized carbons (Fsp3) is 0.571. The third-order valence-electron chi connectivity index (χ3n) is 3.79. The van der Waals surface area contributed by atoms with E-state index in [-0.39, 0.29) is 0 Å². The Hall–Kier alpha value is 0.0800. The van der Waals surface area contributed by atoms with E-state index in [1.54, 1.807) is 0 Å². The van der Waals surface area contributed by atoms with Crippen LogP contribution in [0.5, 0.6) is 0 Å². The molecular weight excluding hydrogens is 333 g/mol. The van der Waals surface area contributed by atoms with Gasteiger partial charge in [0, 0.05) is 10.5 Å². The Labute approximate surface area is 127 Å². The molecule has 0 amide bonds. The highest BCUT2D eigenvalue weighted by Gasteiger charge is 2.26. The van der Waals surface area contributed by atoms with Crippen molar-refractivity contribution in [2.45, 2.75) is 39.2 Å². The fourth-order valence-corrected chi connectivity index (χ4v) is 3.92. The second kappa shape index (κ2) is 6.02. The summed E-state index contributed by atoms with van der Waals surface area (Å²) in [6.45, 7) is 4.61. The van der Waals surface area contributed by atoms with Gasteiger partial charge in [0.05, 0.1) is 15.7 Å². The van der Waals surface area contributed by atoms with E-state index in [2.05, 4.69) is 35.1 Å². The third-order valence-corrected chi connectivity index (χ3v) is 4.85. The summed E-state index contributed by atoms with van der Waals surface area (Å²) in [6.07, 6.45) is 3.77. The number of halogens is 3. The normalized spacial score (nSPS) is 28.2. The van der Waals surface area contributed by atoms with Crippen LogP contribution in [0.3, 0.4) is 0 Å². The van der Waals surface area contributed by atoms with Gasteiger partial charge in [-0.05, 0) is 36.8 Å².